The van der Waals surface area contributed by atoms with E-state index in [1.165, 1.54) is 18.9 Å². The number of hydrogen-bond acceptors (Lipinski definition) is 6. The van der Waals surface area contributed by atoms with Crippen LogP contribution in [0.3, 0.4) is 0 Å². The maximum absolute atomic E-state index is 15.0. The molecule has 0 bridgehead atoms. The van der Waals surface area contributed by atoms with E-state index >= 15 is 4.39 Å². The first-order valence-corrected chi connectivity index (χ1v) is 12.3. The summed E-state index contributed by atoms with van der Waals surface area (Å²) in [5, 5.41) is 4.87. The van der Waals surface area contributed by atoms with Crippen molar-refractivity contribution in [1.29, 1.82) is 0 Å². The van der Waals surface area contributed by atoms with Gasteiger partial charge in [-0.2, -0.15) is 5.10 Å². The molecule has 1 saturated carbocycles. The lowest BCUT2D eigenvalue weighted by Gasteiger charge is -2.37. The number of benzene rings is 1. The van der Waals surface area contributed by atoms with E-state index in [4.69, 9.17) is 31.3 Å². The lowest BCUT2D eigenvalue weighted by Crippen LogP contribution is -2.34. The number of ether oxygens (including phenoxy) is 1. The minimum absolute atomic E-state index is 0.109. The highest BCUT2D eigenvalue weighted by Gasteiger charge is 2.39. The van der Waals surface area contributed by atoms with Gasteiger partial charge in [0, 0.05) is 34.4 Å². The molecule has 0 N–H and O–H groups in total. The van der Waals surface area contributed by atoms with Crippen molar-refractivity contribution in [2.75, 3.05) is 6.61 Å². The second-order valence-electron chi connectivity index (χ2n) is 9.95. The van der Waals surface area contributed by atoms with E-state index in [-0.39, 0.29) is 6.10 Å². The Labute approximate surface area is 207 Å². The molecule has 2 fully saturated rings. The first-order chi connectivity index (χ1) is 16.8. The van der Waals surface area contributed by atoms with Crippen LogP contribution in [0.5, 0.6) is 0 Å². The highest BCUT2D eigenvalue weighted by atomic mass is 35.5. The van der Waals surface area contributed by atoms with Crippen LogP contribution in [0, 0.1) is 19.7 Å². The van der Waals surface area contributed by atoms with Crippen molar-refractivity contribution in [1.82, 2.24) is 29.7 Å². The third-order valence-electron chi connectivity index (χ3n) is 7.19. The molecule has 1 aromatic carbocycles. The van der Waals surface area contributed by atoms with Gasteiger partial charge in [0.05, 0.1) is 29.7 Å². The Bertz CT molecular complexity index is 1450. The van der Waals surface area contributed by atoms with Crippen LogP contribution in [0.25, 0.3) is 22.4 Å². The number of fused-ring (bicyclic) bond motifs is 1. The molecular weight excluding hydrogens is 467 g/mol. The molecule has 3 aromatic heterocycles. The van der Waals surface area contributed by atoms with Crippen LogP contribution in [-0.2, 0) is 10.2 Å². The van der Waals surface area contributed by atoms with Gasteiger partial charge in [-0.3, -0.25) is 4.68 Å². The topological polar surface area (TPSA) is 78.6 Å². The monoisotopic (exact) mass is 492 g/mol. The zero-order chi connectivity index (χ0) is 24.3. The van der Waals surface area contributed by atoms with Crippen molar-refractivity contribution in [3.63, 3.8) is 0 Å². The molecule has 0 spiro atoms. The van der Waals surface area contributed by atoms with Gasteiger partial charge in [0.2, 0.25) is 0 Å². The van der Waals surface area contributed by atoms with E-state index in [9.17, 15) is 0 Å². The van der Waals surface area contributed by atoms with Gasteiger partial charge in [-0.05, 0) is 57.7 Å². The molecule has 4 heterocycles. The lowest BCUT2D eigenvalue weighted by molar-refractivity contribution is -0.0204. The van der Waals surface area contributed by atoms with Crippen LogP contribution in [0.2, 0.25) is 5.02 Å². The SMILES string of the molecule is Cc1nc2nc([C@]3(C)CCO[C@@H](c4cnn(C5CC5)c4)C3)nc(-c3ccc(Cl)cc3F)c2nc1C. The largest absolute Gasteiger partial charge is 0.373 e. The Morgan fingerprint density at radius 2 is 1.91 bits per heavy atom. The van der Waals surface area contributed by atoms with Crippen LogP contribution in [0.4, 0.5) is 4.39 Å². The number of aryl methyl sites for hydroxylation is 2. The summed E-state index contributed by atoms with van der Waals surface area (Å²) in [5.41, 5.74) is 3.93. The second-order valence-corrected chi connectivity index (χ2v) is 10.4. The molecule has 0 unspecified atom stereocenters. The minimum Gasteiger partial charge on any atom is -0.373 e. The molecule has 0 radical (unpaired) electrons. The Morgan fingerprint density at radius 3 is 2.69 bits per heavy atom. The van der Waals surface area contributed by atoms with Gasteiger partial charge in [-0.1, -0.05) is 18.5 Å². The number of aromatic nitrogens is 6. The standard InChI is InChI=1S/C26H26ClFN6O/c1-14-15(2)31-24-23(30-14)22(19-7-4-17(27)10-20(19)28)32-25(33-24)26(3)8-9-35-21(11-26)16-12-29-34(13-16)18-5-6-18/h4,7,10,12-13,18,21H,5-6,8-9,11H2,1-3H3/t21-,26-/m1/s1. The molecule has 0 amide bonds. The summed E-state index contributed by atoms with van der Waals surface area (Å²) in [5.74, 6) is 0.167. The normalized spacial score (nSPS) is 22.6. The van der Waals surface area contributed by atoms with Crippen molar-refractivity contribution in [3.05, 3.63) is 64.2 Å². The van der Waals surface area contributed by atoms with Gasteiger partial charge < -0.3 is 4.74 Å². The minimum atomic E-state index is -0.453. The molecule has 1 aliphatic carbocycles. The second kappa shape index (κ2) is 8.31. The predicted molar refractivity (Wildman–Crippen MR) is 131 cm³/mol. The van der Waals surface area contributed by atoms with E-state index in [1.54, 1.807) is 12.1 Å². The molecule has 4 aromatic rings. The maximum Gasteiger partial charge on any atom is 0.182 e. The van der Waals surface area contributed by atoms with Crippen LogP contribution < -0.4 is 0 Å². The van der Waals surface area contributed by atoms with Gasteiger partial charge in [-0.25, -0.2) is 24.3 Å². The lowest BCUT2D eigenvalue weighted by atomic mass is 9.77. The number of halogens is 2. The van der Waals surface area contributed by atoms with Crippen molar-refractivity contribution in [2.24, 2.45) is 0 Å². The molecule has 180 valence electrons. The summed E-state index contributed by atoms with van der Waals surface area (Å²) in [6.45, 7) is 6.49. The quantitative estimate of drug-likeness (QED) is 0.356. The first kappa shape index (κ1) is 22.5. The van der Waals surface area contributed by atoms with E-state index in [2.05, 4.69) is 23.2 Å². The van der Waals surface area contributed by atoms with Gasteiger partial charge in [0.25, 0.3) is 0 Å². The average molecular weight is 493 g/mol. The zero-order valence-corrected chi connectivity index (χ0v) is 20.7. The fraction of sp³-hybridized carbons (Fsp3) is 0.423. The summed E-state index contributed by atoms with van der Waals surface area (Å²) < 4.78 is 23.2. The molecule has 1 aliphatic heterocycles. The van der Waals surface area contributed by atoms with E-state index in [0.29, 0.717) is 52.3 Å². The first-order valence-electron chi connectivity index (χ1n) is 12.0. The Hall–Kier alpha value is -2.97. The van der Waals surface area contributed by atoms with Crippen molar-refractivity contribution in [3.8, 4) is 11.3 Å². The fourth-order valence-electron chi connectivity index (χ4n) is 4.72. The Balaban J connectivity index is 1.45. The van der Waals surface area contributed by atoms with Crippen molar-refractivity contribution >= 4 is 22.8 Å². The van der Waals surface area contributed by atoms with E-state index in [0.717, 1.165) is 23.4 Å². The smallest absolute Gasteiger partial charge is 0.182 e. The van der Waals surface area contributed by atoms with Gasteiger partial charge >= 0.3 is 0 Å². The number of nitrogens with zero attached hydrogens (tertiary/aromatic N) is 6. The summed E-state index contributed by atoms with van der Waals surface area (Å²) in [6, 6.07) is 5.11. The molecule has 6 rings (SSSR count). The Kier molecular flexibility index (Phi) is 5.34. The zero-order valence-electron chi connectivity index (χ0n) is 19.9. The highest BCUT2D eigenvalue weighted by Crippen LogP contribution is 2.43. The van der Waals surface area contributed by atoms with Crippen LogP contribution >= 0.6 is 11.6 Å². The van der Waals surface area contributed by atoms with Gasteiger partial charge in [0.1, 0.15) is 22.9 Å². The predicted octanol–water partition coefficient (Wildman–Crippen LogP) is 5.84. The fourth-order valence-corrected chi connectivity index (χ4v) is 4.88. The Morgan fingerprint density at radius 1 is 1.11 bits per heavy atom. The summed E-state index contributed by atoms with van der Waals surface area (Å²) in [4.78, 5) is 19.2. The maximum atomic E-state index is 15.0. The van der Waals surface area contributed by atoms with E-state index in [1.807, 2.05) is 24.7 Å². The van der Waals surface area contributed by atoms with Gasteiger partial charge in [0.15, 0.2) is 5.65 Å². The molecule has 35 heavy (non-hydrogen) atoms. The van der Waals surface area contributed by atoms with Crippen LogP contribution in [0.1, 0.15) is 67.5 Å². The van der Waals surface area contributed by atoms with Crippen molar-refractivity contribution in [2.45, 2.75) is 64.0 Å². The number of rotatable bonds is 4. The number of hydrogen-bond donors (Lipinski definition) is 0. The molecule has 2 aliphatic rings. The average Bonchev–Trinajstić information content (AvgIpc) is 3.56. The molecular formula is C26H26ClFN6O. The third-order valence-corrected chi connectivity index (χ3v) is 7.43. The third kappa shape index (κ3) is 4.08. The summed E-state index contributed by atoms with van der Waals surface area (Å²) in [7, 11) is 0. The van der Waals surface area contributed by atoms with Crippen molar-refractivity contribution < 1.29 is 9.13 Å². The summed E-state index contributed by atoms with van der Waals surface area (Å²) in [6.07, 6.45) is 7.69. The van der Waals surface area contributed by atoms with E-state index < -0.39 is 11.2 Å². The molecule has 9 heteroatoms. The highest BCUT2D eigenvalue weighted by molar-refractivity contribution is 6.30. The summed E-state index contributed by atoms with van der Waals surface area (Å²) >= 11 is 6.02. The van der Waals surface area contributed by atoms with Crippen LogP contribution in [0.15, 0.2) is 30.6 Å². The van der Waals surface area contributed by atoms with Crippen LogP contribution in [-0.4, -0.2) is 36.3 Å². The van der Waals surface area contributed by atoms with Gasteiger partial charge in [-0.15, -0.1) is 0 Å². The molecule has 2 atom stereocenters. The molecule has 1 saturated heterocycles. The molecule has 7 nitrogen and oxygen atoms in total.